The van der Waals surface area contributed by atoms with Gasteiger partial charge in [-0.25, -0.2) is 9.18 Å². The fourth-order valence-corrected chi connectivity index (χ4v) is 3.95. The van der Waals surface area contributed by atoms with Crippen LogP contribution in [0.25, 0.3) is 10.9 Å². The largest absolute Gasteiger partial charge is 0.454 e. The Morgan fingerprint density at radius 1 is 1.16 bits per heavy atom. The SMILES string of the molecule is O=C(Nc1ccc(F)cc1)N(Cc1cc2cc3c(cc2[nH]c1=O)OCO3)C[C@@H]1CCCO1. The number of fused-ring (bicyclic) bond motifs is 2. The van der Waals surface area contributed by atoms with E-state index in [4.69, 9.17) is 14.2 Å². The Hall–Kier alpha value is -3.59. The molecule has 0 radical (unpaired) electrons. The summed E-state index contributed by atoms with van der Waals surface area (Å²) in [6, 6.07) is 10.4. The van der Waals surface area contributed by atoms with E-state index in [1.165, 1.54) is 24.3 Å². The van der Waals surface area contributed by atoms with E-state index in [9.17, 15) is 14.0 Å². The van der Waals surface area contributed by atoms with E-state index in [0.29, 0.717) is 41.4 Å². The van der Waals surface area contributed by atoms with Crippen molar-refractivity contribution in [2.24, 2.45) is 0 Å². The molecule has 32 heavy (non-hydrogen) atoms. The zero-order valence-electron chi connectivity index (χ0n) is 17.2. The fourth-order valence-electron chi connectivity index (χ4n) is 3.95. The van der Waals surface area contributed by atoms with Gasteiger partial charge in [0.05, 0.1) is 18.2 Å². The molecule has 2 aromatic carbocycles. The van der Waals surface area contributed by atoms with E-state index in [0.717, 1.165) is 18.2 Å². The molecule has 9 heteroatoms. The molecule has 1 saturated heterocycles. The smallest absolute Gasteiger partial charge is 0.322 e. The summed E-state index contributed by atoms with van der Waals surface area (Å²) in [4.78, 5) is 30.2. The molecule has 0 saturated carbocycles. The molecule has 2 amide bonds. The molecule has 3 aromatic rings. The van der Waals surface area contributed by atoms with Crippen LogP contribution in [0.2, 0.25) is 0 Å². The fraction of sp³-hybridized carbons (Fsp3) is 0.304. The number of amides is 2. The van der Waals surface area contributed by atoms with Crippen LogP contribution in [0.5, 0.6) is 11.5 Å². The number of carbonyl (C=O) groups excluding carboxylic acids is 1. The maximum atomic E-state index is 13.2. The van der Waals surface area contributed by atoms with E-state index in [2.05, 4.69) is 10.3 Å². The lowest BCUT2D eigenvalue weighted by atomic mass is 10.1. The number of nitrogens with zero attached hydrogens (tertiary/aromatic N) is 1. The first-order valence-corrected chi connectivity index (χ1v) is 10.4. The predicted octanol–water partition coefficient (Wildman–Crippen LogP) is 3.61. The van der Waals surface area contributed by atoms with Crippen molar-refractivity contribution >= 4 is 22.6 Å². The van der Waals surface area contributed by atoms with Crippen molar-refractivity contribution < 1.29 is 23.4 Å². The van der Waals surface area contributed by atoms with Gasteiger partial charge in [-0.15, -0.1) is 0 Å². The molecule has 8 nitrogen and oxygen atoms in total. The molecule has 3 heterocycles. The highest BCUT2D eigenvalue weighted by Gasteiger charge is 2.24. The Morgan fingerprint density at radius 3 is 2.69 bits per heavy atom. The van der Waals surface area contributed by atoms with Gasteiger partial charge in [-0.2, -0.15) is 0 Å². The summed E-state index contributed by atoms with van der Waals surface area (Å²) in [6.07, 6.45) is 1.68. The molecule has 2 aliphatic heterocycles. The summed E-state index contributed by atoms with van der Waals surface area (Å²) in [5.41, 5.74) is 1.24. The number of rotatable bonds is 5. The van der Waals surface area contributed by atoms with E-state index in [1.54, 1.807) is 23.1 Å². The average molecular weight is 439 g/mol. The maximum absolute atomic E-state index is 13.2. The Balaban J connectivity index is 1.42. The maximum Gasteiger partial charge on any atom is 0.322 e. The Morgan fingerprint density at radius 2 is 1.94 bits per heavy atom. The Labute approximate surface area is 182 Å². The summed E-state index contributed by atoms with van der Waals surface area (Å²) in [5, 5.41) is 3.55. The van der Waals surface area contributed by atoms with Crippen molar-refractivity contribution in [3.8, 4) is 11.5 Å². The first kappa shape index (κ1) is 20.3. The van der Waals surface area contributed by atoms with Crippen LogP contribution in [-0.4, -0.2) is 42.0 Å². The van der Waals surface area contributed by atoms with Crippen molar-refractivity contribution in [2.75, 3.05) is 25.3 Å². The summed E-state index contributed by atoms with van der Waals surface area (Å²) < 4.78 is 29.7. The minimum atomic E-state index is -0.391. The molecule has 1 aromatic heterocycles. The molecule has 2 aliphatic rings. The van der Waals surface area contributed by atoms with Gasteiger partial charge >= 0.3 is 6.03 Å². The highest BCUT2D eigenvalue weighted by Crippen LogP contribution is 2.35. The number of anilines is 1. The van der Waals surface area contributed by atoms with Crippen molar-refractivity contribution in [2.45, 2.75) is 25.5 Å². The molecule has 0 unspecified atom stereocenters. The van der Waals surface area contributed by atoms with Crippen LogP contribution >= 0.6 is 0 Å². The number of benzene rings is 2. The molecule has 2 N–H and O–H groups in total. The van der Waals surface area contributed by atoms with Gasteiger partial charge in [-0.1, -0.05) is 0 Å². The van der Waals surface area contributed by atoms with Crippen molar-refractivity contribution in [3.63, 3.8) is 0 Å². The number of hydrogen-bond acceptors (Lipinski definition) is 5. The number of halogens is 1. The number of H-pyrrole nitrogens is 1. The molecule has 1 fully saturated rings. The third-order valence-electron chi connectivity index (χ3n) is 5.61. The highest BCUT2D eigenvalue weighted by atomic mass is 19.1. The molecule has 1 atom stereocenters. The van der Waals surface area contributed by atoms with Gasteiger partial charge in [-0.05, 0) is 49.2 Å². The number of ether oxygens (including phenoxy) is 3. The number of hydrogen-bond donors (Lipinski definition) is 2. The number of nitrogens with one attached hydrogen (secondary N) is 2. The van der Waals surface area contributed by atoms with Crippen LogP contribution in [0.3, 0.4) is 0 Å². The number of urea groups is 1. The van der Waals surface area contributed by atoms with Crippen LogP contribution < -0.4 is 20.3 Å². The quantitative estimate of drug-likeness (QED) is 0.634. The van der Waals surface area contributed by atoms with Crippen molar-refractivity contribution in [3.05, 3.63) is 64.2 Å². The predicted molar refractivity (Wildman–Crippen MR) is 115 cm³/mol. The zero-order chi connectivity index (χ0) is 22.1. The molecular weight excluding hydrogens is 417 g/mol. The first-order valence-electron chi connectivity index (χ1n) is 10.4. The summed E-state index contributed by atoms with van der Waals surface area (Å²) >= 11 is 0. The van der Waals surface area contributed by atoms with E-state index in [-0.39, 0.29) is 30.8 Å². The summed E-state index contributed by atoms with van der Waals surface area (Å²) in [5.74, 6) is 0.808. The minimum absolute atomic E-state index is 0.0899. The monoisotopic (exact) mass is 439 g/mol. The summed E-state index contributed by atoms with van der Waals surface area (Å²) in [6.45, 7) is 1.22. The second-order valence-electron chi connectivity index (χ2n) is 7.87. The number of aromatic nitrogens is 1. The number of carbonyl (C=O) groups is 1. The molecule has 0 aliphatic carbocycles. The van der Waals surface area contributed by atoms with Crippen LogP contribution in [0, 0.1) is 5.82 Å². The first-order chi connectivity index (χ1) is 15.5. The Bertz CT molecular complexity index is 1200. The van der Waals surface area contributed by atoms with E-state index < -0.39 is 6.03 Å². The molecule has 5 rings (SSSR count). The van der Waals surface area contributed by atoms with Gasteiger partial charge in [-0.3, -0.25) is 4.79 Å². The van der Waals surface area contributed by atoms with Crippen LogP contribution in [0.4, 0.5) is 14.9 Å². The molecular formula is C23H22FN3O5. The van der Waals surface area contributed by atoms with Gasteiger partial charge in [0, 0.05) is 35.9 Å². The molecule has 166 valence electrons. The lowest BCUT2D eigenvalue weighted by molar-refractivity contribution is 0.0818. The highest BCUT2D eigenvalue weighted by molar-refractivity contribution is 5.89. The van der Waals surface area contributed by atoms with Gasteiger partial charge in [0.25, 0.3) is 5.56 Å². The topological polar surface area (TPSA) is 92.9 Å². The van der Waals surface area contributed by atoms with Crippen LogP contribution in [0.1, 0.15) is 18.4 Å². The van der Waals surface area contributed by atoms with Crippen LogP contribution in [-0.2, 0) is 11.3 Å². The van der Waals surface area contributed by atoms with Crippen molar-refractivity contribution in [1.82, 2.24) is 9.88 Å². The van der Waals surface area contributed by atoms with Gasteiger partial charge < -0.3 is 29.4 Å². The number of pyridine rings is 1. The average Bonchev–Trinajstić information content (AvgIpc) is 3.45. The van der Waals surface area contributed by atoms with E-state index >= 15 is 0 Å². The van der Waals surface area contributed by atoms with Gasteiger partial charge in [0.1, 0.15) is 5.82 Å². The zero-order valence-corrected chi connectivity index (χ0v) is 17.2. The lowest BCUT2D eigenvalue weighted by Crippen LogP contribution is -2.40. The van der Waals surface area contributed by atoms with E-state index in [1.807, 2.05) is 0 Å². The standard InChI is InChI=1S/C23H22FN3O5/c24-16-3-5-17(6-4-16)25-23(29)27(12-18-2-1-7-30-18)11-15-8-14-9-20-21(32-13-31-20)10-19(14)26-22(15)28/h3-6,8-10,18H,1-2,7,11-13H2,(H,25,29)(H,26,28)/t18-/m0/s1. The molecule has 0 spiro atoms. The summed E-state index contributed by atoms with van der Waals surface area (Å²) in [7, 11) is 0. The third kappa shape index (κ3) is 4.24. The second kappa shape index (κ2) is 8.51. The van der Waals surface area contributed by atoms with Gasteiger partial charge in [0.2, 0.25) is 6.79 Å². The minimum Gasteiger partial charge on any atom is -0.454 e. The Kier molecular flexibility index (Phi) is 5.40. The second-order valence-corrected chi connectivity index (χ2v) is 7.87. The van der Waals surface area contributed by atoms with Crippen molar-refractivity contribution in [1.29, 1.82) is 0 Å². The number of aromatic amines is 1. The van der Waals surface area contributed by atoms with Gasteiger partial charge in [0.15, 0.2) is 11.5 Å². The third-order valence-corrected chi connectivity index (χ3v) is 5.61. The molecule has 0 bridgehead atoms. The lowest BCUT2D eigenvalue weighted by Gasteiger charge is -2.25. The van der Waals surface area contributed by atoms with Crippen LogP contribution in [0.15, 0.2) is 47.3 Å². The normalized spacial score (nSPS) is 17.0.